The SMILES string of the molecule is Cc1ccc(Nc2ccc(C(=O)N(C)C3CCS(=O)(=O)C3)nc2)cc1. The van der Waals surface area contributed by atoms with Crippen LogP contribution in [0.15, 0.2) is 42.6 Å². The number of anilines is 2. The average molecular weight is 359 g/mol. The lowest BCUT2D eigenvalue weighted by Gasteiger charge is -2.23. The molecule has 2 heterocycles. The fraction of sp³-hybridized carbons (Fsp3) is 0.333. The number of sulfone groups is 1. The summed E-state index contributed by atoms with van der Waals surface area (Å²) in [5.41, 5.74) is 3.22. The van der Waals surface area contributed by atoms with Crippen LogP contribution in [-0.2, 0) is 9.84 Å². The third-order valence-electron chi connectivity index (χ3n) is 4.40. The monoisotopic (exact) mass is 359 g/mol. The number of aromatic nitrogens is 1. The van der Waals surface area contributed by atoms with Crippen LogP contribution in [-0.4, -0.2) is 48.8 Å². The van der Waals surface area contributed by atoms with Gasteiger partial charge < -0.3 is 10.2 Å². The quantitative estimate of drug-likeness (QED) is 0.907. The van der Waals surface area contributed by atoms with Gasteiger partial charge in [0, 0.05) is 18.8 Å². The molecule has 1 atom stereocenters. The van der Waals surface area contributed by atoms with Crippen LogP contribution < -0.4 is 5.32 Å². The molecule has 0 saturated carbocycles. The minimum Gasteiger partial charge on any atom is -0.354 e. The lowest BCUT2D eigenvalue weighted by atomic mass is 10.2. The third-order valence-corrected chi connectivity index (χ3v) is 6.15. The summed E-state index contributed by atoms with van der Waals surface area (Å²) in [5.74, 6) is -0.0891. The molecule has 1 aliphatic rings. The summed E-state index contributed by atoms with van der Waals surface area (Å²) in [5, 5.41) is 3.23. The zero-order valence-corrected chi connectivity index (χ0v) is 15.1. The maximum atomic E-state index is 12.5. The van der Waals surface area contributed by atoms with Gasteiger partial charge in [-0.25, -0.2) is 13.4 Å². The molecule has 7 heteroatoms. The predicted octanol–water partition coefficient (Wildman–Crippen LogP) is 2.39. The average Bonchev–Trinajstić information content (AvgIpc) is 2.96. The molecule has 0 radical (unpaired) electrons. The van der Waals surface area contributed by atoms with Crippen LogP contribution in [0.1, 0.15) is 22.5 Å². The van der Waals surface area contributed by atoms with Crippen molar-refractivity contribution in [3.8, 4) is 0 Å². The molecule has 0 aliphatic carbocycles. The van der Waals surface area contributed by atoms with Crippen LogP contribution >= 0.6 is 0 Å². The van der Waals surface area contributed by atoms with Gasteiger partial charge in [0.2, 0.25) is 0 Å². The first-order chi connectivity index (χ1) is 11.8. The van der Waals surface area contributed by atoms with Crippen LogP contribution in [0.5, 0.6) is 0 Å². The molecule has 132 valence electrons. The minimum atomic E-state index is -3.02. The van der Waals surface area contributed by atoms with Gasteiger partial charge in [0.1, 0.15) is 5.69 Å². The molecule has 1 fully saturated rings. The van der Waals surface area contributed by atoms with Crippen molar-refractivity contribution in [3.63, 3.8) is 0 Å². The molecular formula is C18H21N3O3S. The van der Waals surface area contributed by atoms with Crippen LogP contribution in [0.3, 0.4) is 0 Å². The van der Waals surface area contributed by atoms with E-state index in [0.717, 1.165) is 11.4 Å². The van der Waals surface area contributed by atoms with Crippen molar-refractivity contribution in [2.24, 2.45) is 0 Å². The van der Waals surface area contributed by atoms with E-state index in [1.54, 1.807) is 25.4 Å². The molecule has 1 saturated heterocycles. The van der Waals surface area contributed by atoms with Crippen LogP contribution in [0.2, 0.25) is 0 Å². The molecule has 0 bridgehead atoms. The number of aryl methyl sites for hydroxylation is 1. The summed E-state index contributed by atoms with van der Waals surface area (Å²) in [7, 11) is -1.39. The number of rotatable bonds is 4. The Labute approximate surface area is 147 Å². The molecule has 1 aromatic heterocycles. The molecule has 2 aromatic rings. The van der Waals surface area contributed by atoms with Gasteiger partial charge in [-0.3, -0.25) is 4.79 Å². The van der Waals surface area contributed by atoms with E-state index in [4.69, 9.17) is 0 Å². The summed E-state index contributed by atoms with van der Waals surface area (Å²) in [6.45, 7) is 2.03. The fourth-order valence-electron chi connectivity index (χ4n) is 2.83. The topological polar surface area (TPSA) is 79.4 Å². The molecule has 3 rings (SSSR count). The van der Waals surface area contributed by atoms with Crippen molar-refractivity contribution in [1.82, 2.24) is 9.88 Å². The Bertz CT molecular complexity index is 861. The Morgan fingerprint density at radius 3 is 2.40 bits per heavy atom. The van der Waals surface area contributed by atoms with Gasteiger partial charge in [-0.2, -0.15) is 0 Å². The van der Waals surface area contributed by atoms with E-state index in [1.165, 1.54) is 10.5 Å². The molecule has 1 unspecified atom stereocenters. The van der Waals surface area contributed by atoms with Gasteiger partial charge in [0.25, 0.3) is 5.91 Å². The Hall–Kier alpha value is -2.41. The first-order valence-electron chi connectivity index (χ1n) is 8.11. The van der Waals surface area contributed by atoms with Crippen LogP contribution in [0.25, 0.3) is 0 Å². The van der Waals surface area contributed by atoms with E-state index in [2.05, 4.69) is 10.3 Å². The predicted molar refractivity (Wildman–Crippen MR) is 97.9 cm³/mol. The van der Waals surface area contributed by atoms with Crippen molar-refractivity contribution < 1.29 is 13.2 Å². The highest BCUT2D eigenvalue weighted by Gasteiger charge is 2.33. The minimum absolute atomic E-state index is 0.0301. The van der Waals surface area contributed by atoms with Crippen LogP contribution in [0, 0.1) is 6.92 Å². The van der Waals surface area contributed by atoms with Gasteiger partial charge in [0.15, 0.2) is 9.84 Å². The zero-order valence-electron chi connectivity index (χ0n) is 14.3. The fourth-order valence-corrected chi connectivity index (χ4v) is 4.60. The molecule has 1 N–H and O–H groups in total. The van der Waals surface area contributed by atoms with Gasteiger partial charge in [-0.05, 0) is 37.6 Å². The van der Waals surface area contributed by atoms with Gasteiger partial charge in [-0.15, -0.1) is 0 Å². The highest BCUT2D eigenvalue weighted by atomic mass is 32.2. The summed E-state index contributed by atoms with van der Waals surface area (Å²) in [4.78, 5) is 18.2. The van der Waals surface area contributed by atoms with Crippen molar-refractivity contribution >= 4 is 27.1 Å². The van der Waals surface area contributed by atoms with Crippen LogP contribution in [0.4, 0.5) is 11.4 Å². The van der Waals surface area contributed by atoms with Gasteiger partial charge in [0.05, 0.1) is 23.4 Å². The first-order valence-corrected chi connectivity index (χ1v) is 9.93. The maximum Gasteiger partial charge on any atom is 0.272 e. The maximum absolute atomic E-state index is 12.5. The Balaban J connectivity index is 1.67. The largest absolute Gasteiger partial charge is 0.354 e. The van der Waals surface area contributed by atoms with Crippen molar-refractivity contribution in [3.05, 3.63) is 53.9 Å². The van der Waals surface area contributed by atoms with Gasteiger partial charge >= 0.3 is 0 Å². The molecule has 1 amide bonds. The van der Waals surface area contributed by atoms with E-state index >= 15 is 0 Å². The summed E-state index contributed by atoms with van der Waals surface area (Å²) >= 11 is 0. The number of carbonyl (C=O) groups is 1. The third kappa shape index (κ3) is 4.17. The number of carbonyl (C=O) groups excluding carboxylic acids is 1. The van der Waals surface area contributed by atoms with Crippen molar-refractivity contribution in [2.75, 3.05) is 23.9 Å². The molecule has 1 aromatic carbocycles. The van der Waals surface area contributed by atoms with Crippen molar-refractivity contribution in [1.29, 1.82) is 0 Å². The highest BCUT2D eigenvalue weighted by Crippen LogP contribution is 2.20. The number of benzene rings is 1. The lowest BCUT2D eigenvalue weighted by Crippen LogP contribution is -2.38. The number of hydrogen-bond donors (Lipinski definition) is 1. The second-order valence-corrected chi connectivity index (χ2v) is 8.62. The first kappa shape index (κ1) is 17.4. The number of pyridine rings is 1. The number of amides is 1. The second-order valence-electron chi connectivity index (χ2n) is 6.40. The zero-order chi connectivity index (χ0) is 18.0. The van der Waals surface area contributed by atoms with E-state index in [1.807, 2.05) is 31.2 Å². The molecule has 6 nitrogen and oxygen atoms in total. The molecular weight excluding hydrogens is 338 g/mol. The summed E-state index contributed by atoms with van der Waals surface area (Å²) in [6, 6.07) is 11.1. The van der Waals surface area contributed by atoms with E-state index in [-0.39, 0.29) is 23.5 Å². The molecule has 25 heavy (non-hydrogen) atoms. The van der Waals surface area contributed by atoms with E-state index in [0.29, 0.717) is 12.1 Å². The number of nitrogens with one attached hydrogen (secondary N) is 1. The summed E-state index contributed by atoms with van der Waals surface area (Å²) < 4.78 is 23.2. The number of hydrogen-bond acceptors (Lipinski definition) is 5. The van der Waals surface area contributed by atoms with Crippen molar-refractivity contribution in [2.45, 2.75) is 19.4 Å². The smallest absolute Gasteiger partial charge is 0.272 e. The highest BCUT2D eigenvalue weighted by molar-refractivity contribution is 7.91. The van der Waals surface area contributed by atoms with E-state index < -0.39 is 9.84 Å². The normalized spacial score (nSPS) is 18.7. The standard InChI is InChI=1S/C18H21N3O3S/c1-13-3-5-14(6-4-13)20-15-7-8-17(19-11-15)18(22)21(2)16-9-10-25(23,24)12-16/h3-8,11,16,20H,9-10,12H2,1-2H3. The Kier molecular flexibility index (Phi) is 4.76. The van der Waals surface area contributed by atoms with Gasteiger partial charge in [-0.1, -0.05) is 17.7 Å². The number of nitrogens with zero attached hydrogens (tertiary/aromatic N) is 2. The Morgan fingerprint density at radius 2 is 1.84 bits per heavy atom. The van der Waals surface area contributed by atoms with E-state index in [9.17, 15) is 13.2 Å². The molecule has 1 aliphatic heterocycles. The second kappa shape index (κ2) is 6.84. The lowest BCUT2D eigenvalue weighted by molar-refractivity contribution is 0.0742. The summed E-state index contributed by atoms with van der Waals surface area (Å²) in [6.07, 6.45) is 2.09. The molecule has 0 spiro atoms. The Morgan fingerprint density at radius 1 is 1.16 bits per heavy atom.